The molecule has 0 radical (unpaired) electrons. The molecule has 5 rings (SSSR count). The van der Waals surface area contributed by atoms with Crippen molar-refractivity contribution in [3.63, 3.8) is 0 Å². The number of rotatable bonds is 5. The van der Waals surface area contributed by atoms with Gasteiger partial charge in [0.1, 0.15) is 5.58 Å². The maximum atomic E-state index is 12.7. The lowest BCUT2D eigenvalue weighted by atomic mass is 9.74. The molecule has 1 saturated carbocycles. The number of nitrogens with one attached hydrogen (secondary N) is 3. The highest BCUT2D eigenvalue weighted by atomic mass is 35.5. The van der Waals surface area contributed by atoms with E-state index in [-0.39, 0.29) is 23.6 Å². The number of carbonyl (C=O) groups is 3. The zero-order chi connectivity index (χ0) is 22.3. The van der Waals surface area contributed by atoms with Gasteiger partial charge in [-0.15, -0.1) is 0 Å². The summed E-state index contributed by atoms with van der Waals surface area (Å²) in [5.74, 6) is 0.0986. The van der Waals surface area contributed by atoms with Crippen molar-refractivity contribution in [1.29, 1.82) is 0 Å². The van der Waals surface area contributed by atoms with Crippen LogP contribution in [0.15, 0.2) is 16.5 Å². The van der Waals surface area contributed by atoms with Crippen LogP contribution < -0.4 is 16.0 Å². The molecule has 170 valence electrons. The highest BCUT2D eigenvalue weighted by molar-refractivity contribution is 6.35. The van der Waals surface area contributed by atoms with E-state index in [1.54, 1.807) is 12.1 Å². The van der Waals surface area contributed by atoms with Gasteiger partial charge >= 0.3 is 6.03 Å². The van der Waals surface area contributed by atoms with Crippen molar-refractivity contribution in [2.45, 2.75) is 56.9 Å². The highest BCUT2D eigenvalue weighted by Gasteiger charge is 2.43. The lowest BCUT2D eigenvalue weighted by Gasteiger charge is -2.42. The summed E-state index contributed by atoms with van der Waals surface area (Å²) in [4.78, 5) is 38.6. The number of urea groups is 1. The summed E-state index contributed by atoms with van der Waals surface area (Å²) in [5, 5.41) is 10.0. The van der Waals surface area contributed by atoms with E-state index in [1.807, 2.05) is 4.90 Å². The minimum atomic E-state index is -0.535. The van der Waals surface area contributed by atoms with Crippen LogP contribution in [0.1, 0.15) is 67.5 Å². The van der Waals surface area contributed by atoms with Gasteiger partial charge in [0.05, 0.1) is 16.2 Å². The molecule has 9 heteroatoms. The second kappa shape index (κ2) is 8.31. The number of furan rings is 1. The first kappa shape index (κ1) is 21.1. The first-order chi connectivity index (χ1) is 15.5. The number of hydrogen-bond acceptors (Lipinski definition) is 4. The molecule has 3 aliphatic rings. The fourth-order valence-electron chi connectivity index (χ4n) is 5.29. The Morgan fingerprint density at radius 1 is 1.19 bits per heavy atom. The third-order valence-electron chi connectivity index (χ3n) is 6.82. The molecular weight excluding hydrogens is 432 g/mol. The van der Waals surface area contributed by atoms with Crippen molar-refractivity contribution >= 4 is 46.1 Å². The van der Waals surface area contributed by atoms with Gasteiger partial charge < -0.3 is 25.3 Å². The molecular formula is C23H27ClN4O4. The standard InChI is InChI=1S/C23H27ClN4O4/c24-15-12-14-13-16(21(30)25-9-5-11-28-10-4-6-17(28)29)32-20(14)18-19(15)26-22(31)27-23(18)7-2-1-3-8-23/h12-13H,1-11H2,(H,25,30)(H2,26,27,31). The van der Waals surface area contributed by atoms with Gasteiger partial charge in [-0.2, -0.15) is 0 Å². The van der Waals surface area contributed by atoms with Crippen molar-refractivity contribution in [3.05, 3.63) is 28.5 Å². The van der Waals surface area contributed by atoms with E-state index in [2.05, 4.69) is 16.0 Å². The summed E-state index contributed by atoms with van der Waals surface area (Å²) in [6.45, 7) is 1.91. The van der Waals surface area contributed by atoms with Crippen LogP contribution in [0, 0.1) is 0 Å². The molecule has 4 amide bonds. The number of amides is 4. The van der Waals surface area contributed by atoms with Crippen molar-refractivity contribution in [3.8, 4) is 0 Å². The largest absolute Gasteiger partial charge is 0.450 e. The number of anilines is 1. The Labute approximate surface area is 191 Å². The predicted octanol–water partition coefficient (Wildman–Crippen LogP) is 4.12. The van der Waals surface area contributed by atoms with Gasteiger partial charge in [0.25, 0.3) is 5.91 Å². The van der Waals surface area contributed by atoms with E-state index < -0.39 is 5.54 Å². The normalized spacial score (nSPS) is 19.7. The average molecular weight is 459 g/mol. The molecule has 3 N–H and O–H groups in total. The number of benzene rings is 1. The van der Waals surface area contributed by atoms with Gasteiger partial charge in [0.15, 0.2) is 5.76 Å². The monoisotopic (exact) mass is 458 g/mol. The smallest absolute Gasteiger partial charge is 0.319 e. The van der Waals surface area contributed by atoms with E-state index in [0.29, 0.717) is 42.2 Å². The first-order valence-electron chi connectivity index (χ1n) is 11.4. The third-order valence-corrected chi connectivity index (χ3v) is 7.12. The molecule has 1 aromatic heterocycles. The fraction of sp³-hybridized carbons (Fsp3) is 0.522. The predicted molar refractivity (Wildman–Crippen MR) is 121 cm³/mol. The Kier molecular flexibility index (Phi) is 5.49. The molecule has 2 fully saturated rings. The van der Waals surface area contributed by atoms with Crippen LogP contribution in [0.4, 0.5) is 10.5 Å². The van der Waals surface area contributed by atoms with Gasteiger partial charge in [-0.05, 0) is 37.8 Å². The Morgan fingerprint density at radius 2 is 2.00 bits per heavy atom. The van der Waals surface area contributed by atoms with E-state index >= 15 is 0 Å². The SMILES string of the molecule is O=C1Nc2c(Cl)cc3cc(C(=O)NCCCN4CCCC4=O)oc3c2C2(CCCCC2)N1. The van der Waals surface area contributed by atoms with Gasteiger partial charge in [-0.25, -0.2) is 4.79 Å². The summed E-state index contributed by atoms with van der Waals surface area (Å²) in [6, 6.07) is 3.17. The summed E-state index contributed by atoms with van der Waals surface area (Å²) in [7, 11) is 0. The van der Waals surface area contributed by atoms with E-state index in [4.69, 9.17) is 16.0 Å². The minimum Gasteiger partial charge on any atom is -0.450 e. The summed E-state index contributed by atoms with van der Waals surface area (Å²) >= 11 is 6.54. The molecule has 32 heavy (non-hydrogen) atoms. The van der Waals surface area contributed by atoms with Crippen LogP contribution in [-0.4, -0.2) is 42.4 Å². The Bertz CT molecular complexity index is 1090. The van der Waals surface area contributed by atoms with Crippen LogP contribution in [0.25, 0.3) is 11.0 Å². The van der Waals surface area contributed by atoms with Crippen LogP contribution in [-0.2, 0) is 10.3 Å². The van der Waals surface area contributed by atoms with Crippen LogP contribution in [0.2, 0.25) is 5.02 Å². The van der Waals surface area contributed by atoms with Crippen LogP contribution in [0.5, 0.6) is 0 Å². The molecule has 8 nitrogen and oxygen atoms in total. The molecule has 0 unspecified atom stereocenters. The van der Waals surface area contributed by atoms with E-state index in [9.17, 15) is 14.4 Å². The van der Waals surface area contributed by atoms with Gasteiger partial charge in [-0.1, -0.05) is 30.9 Å². The lowest BCUT2D eigenvalue weighted by molar-refractivity contribution is -0.127. The van der Waals surface area contributed by atoms with Crippen LogP contribution in [0.3, 0.4) is 0 Å². The number of carbonyl (C=O) groups excluding carboxylic acids is 3. The molecule has 1 saturated heterocycles. The van der Waals surface area contributed by atoms with Crippen LogP contribution >= 0.6 is 11.6 Å². The molecule has 0 atom stereocenters. The summed E-state index contributed by atoms with van der Waals surface area (Å²) in [5.41, 5.74) is 1.46. The zero-order valence-electron chi connectivity index (χ0n) is 17.9. The Hall–Kier alpha value is -2.74. The number of hydrogen-bond donors (Lipinski definition) is 3. The highest BCUT2D eigenvalue weighted by Crippen LogP contribution is 2.48. The Balaban J connectivity index is 1.38. The second-order valence-electron chi connectivity index (χ2n) is 8.95. The topological polar surface area (TPSA) is 104 Å². The van der Waals surface area contributed by atoms with Crippen molar-refractivity contribution in [2.75, 3.05) is 25.0 Å². The third kappa shape index (κ3) is 3.70. The summed E-state index contributed by atoms with van der Waals surface area (Å²) < 4.78 is 6.07. The number of likely N-dealkylation sites (tertiary alicyclic amines) is 1. The Morgan fingerprint density at radius 3 is 2.75 bits per heavy atom. The average Bonchev–Trinajstić information content (AvgIpc) is 3.37. The molecule has 0 bridgehead atoms. The maximum absolute atomic E-state index is 12.7. The fourth-order valence-corrected chi connectivity index (χ4v) is 5.55. The molecule has 3 heterocycles. The van der Waals surface area contributed by atoms with Gasteiger partial charge in [0, 0.05) is 37.0 Å². The van der Waals surface area contributed by atoms with E-state index in [0.717, 1.165) is 56.0 Å². The maximum Gasteiger partial charge on any atom is 0.319 e. The minimum absolute atomic E-state index is 0.188. The quantitative estimate of drug-likeness (QED) is 0.586. The number of halogens is 1. The van der Waals surface area contributed by atoms with Crippen molar-refractivity contribution in [1.82, 2.24) is 15.5 Å². The van der Waals surface area contributed by atoms with Gasteiger partial charge in [-0.3, -0.25) is 9.59 Å². The lowest BCUT2D eigenvalue weighted by Crippen LogP contribution is -2.52. The molecule has 1 aliphatic carbocycles. The van der Waals surface area contributed by atoms with E-state index in [1.165, 1.54) is 0 Å². The first-order valence-corrected chi connectivity index (χ1v) is 11.8. The number of nitrogens with zero attached hydrogens (tertiary/aromatic N) is 1. The summed E-state index contributed by atoms with van der Waals surface area (Å²) in [6.07, 6.45) is 6.96. The molecule has 2 aliphatic heterocycles. The van der Waals surface area contributed by atoms with Crippen molar-refractivity contribution < 1.29 is 18.8 Å². The van der Waals surface area contributed by atoms with Gasteiger partial charge in [0.2, 0.25) is 5.91 Å². The number of fused-ring (bicyclic) bond motifs is 4. The molecule has 2 aromatic rings. The second-order valence-corrected chi connectivity index (χ2v) is 9.36. The molecule has 1 spiro atoms. The van der Waals surface area contributed by atoms with Crippen molar-refractivity contribution in [2.24, 2.45) is 0 Å². The zero-order valence-corrected chi connectivity index (χ0v) is 18.6. The molecule has 1 aromatic carbocycles.